The second kappa shape index (κ2) is 49.2. The summed E-state index contributed by atoms with van der Waals surface area (Å²) >= 11 is 0. The van der Waals surface area contributed by atoms with Crippen molar-refractivity contribution in [2.75, 3.05) is 32.8 Å². The fourth-order valence-electron chi connectivity index (χ4n) is 7.64. The maximum absolute atomic E-state index is 12.8. The quantitative estimate of drug-likeness (QED) is 0.0146. The molecule has 0 aliphatic carbocycles. The van der Waals surface area contributed by atoms with E-state index in [9.17, 15) is 38.7 Å². The van der Waals surface area contributed by atoms with Gasteiger partial charge >= 0.3 is 35.8 Å². The standard InChI is InChI=1S/C53H92N2O13.Ni/c1-3-5-7-9-11-13-15-17-19-21-23-25-27-29-31-36-50(61)66-43-45(68-52(63)37-32-30-28-26-24-22-20-18-16-14-12-10-8-6-4-2)44-67-51(62)39-38-47(56)54-40-34-33-35-46(53(64)65)55(41-48(57)58)42-49(59)60;/h17-20,45-46H,3-16,21-44H2,1-2H3,(H,54,56)(H,57,58)(H,59,60)(H,64,65);/b19-17+,20-18+;/t45-,46?;/m1./s1. The molecule has 0 bridgehead atoms. The molecule has 1 amide bonds. The summed E-state index contributed by atoms with van der Waals surface area (Å²) in [5.41, 5.74) is 0. The third-order valence-electron chi connectivity index (χ3n) is 11.6. The number of carboxylic acid groups (broad SMARTS) is 3. The average Bonchev–Trinajstić information content (AvgIpc) is 3.29. The number of allylic oxidation sites excluding steroid dienone is 4. The maximum Gasteiger partial charge on any atom is 0.320 e. The molecule has 0 aliphatic heterocycles. The molecule has 4 N–H and O–H groups in total. The summed E-state index contributed by atoms with van der Waals surface area (Å²) in [6, 6.07) is -1.33. The van der Waals surface area contributed by atoms with Crippen molar-refractivity contribution in [1.82, 2.24) is 10.2 Å². The van der Waals surface area contributed by atoms with Crippen molar-refractivity contribution in [2.24, 2.45) is 0 Å². The number of carbonyl (C=O) groups is 7. The smallest absolute Gasteiger partial charge is 0.320 e. The molecule has 16 heteroatoms. The van der Waals surface area contributed by atoms with E-state index in [1.807, 2.05) is 0 Å². The number of rotatable bonds is 49. The van der Waals surface area contributed by atoms with E-state index in [1.54, 1.807) is 0 Å². The van der Waals surface area contributed by atoms with Crippen molar-refractivity contribution in [1.29, 1.82) is 0 Å². The number of hydrogen-bond acceptors (Lipinski definition) is 11. The number of amides is 1. The number of nitrogens with zero attached hydrogens (tertiary/aromatic N) is 1. The molecule has 15 nitrogen and oxygen atoms in total. The number of carboxylic acids is 3. The van der Waals surface area contributed by atoms with Crippen molar-refractivity contribution in [3.63, 3.8) is 0 Å². The fraction of sp³-hybridized carbons (Fsp3) is 0.792. The Balaban J connectivity index is 0. The van der Waals surface area contributed by atoms with Gasteiger partial charge in [-0.15, -0.1) is 0 Å². The van der Waals surface area contributed by atoms with Crippen molar-refractivity contribution < 1.29 is 79.6 Å². The molecular formula is C53H92N2NiO13. The Kier molecular flexibility index (Phi) is 48.0. The molecule has 0 rings (SSSR count). The molecule has 0 radical (unpaired) electrons. The van der Waals surface area contributed by atoms with E-state index in [1.165, 1.54) is 77.0 Å². The van der Waals surface area contributed by atoms with Crippen LogP contribution in [0.25, 0.3) is 0 Å². The van der Waals surface area contributed by atoms with Gasteiger partial charge in [-0.25, -0.2) is 0 Å². The van der Waals surface area contributed by atoms with Gasteiger partial charge in [-0.1, -0.05) is 141 Å². The van der Waals surface area contributed by atoms with Crippen LogP contribution in [0.15, 0.2) is 24.3 Å². The molecule has 0 fully saturated rings. The van der Waals surface area contributed by atoms with E-state index in [-0.39, 0.29) is 74.8 Å². The number of esters is 3. The molecule has 0 saturated carbocycles. The van der Waals surface area contributed by atoms with Gasteiger partial charge < -0.3 is 34.8 Å². The number of nitrogens with one attached hydrogen (secondary N) is 1. The SMILES string of the molecule is CCCCCCCC/C=C/CCCCCCCC(=O)OC[C@H](COC(=O)CCC(=O)NCCCCC(C(=O)O)N(CC(=O)O)CC(=O)O)OC(=O)CCCCCCC/C=C/CCCCCCCC.[Ni]. The summed E-state index contributed by atoms with van der Waals surface area (Å²) in [6.07, 6.45) is 38.3. The Morgan fingerprint density at radius 2 is 0.870 bits per heavy atom. The van der Waals surface area contributed by atoms with Crippen LogP contribution < -0.4 is 5.32 Å². The van der Waals surface area contributed by atoms with E-state index >= 15 is 0 Å². The zero-order chi connectivity index (χ0) is 50.3. The van der Waals surface area contributed by atoms with Crippen molar-refractivity contribution in [3.8, 4) is 0 Å². The zero-order valence-corrected chi connectivity index (χ0v) is 43.5. The van der Waals surface area contributed by atoms with Crippen LogP contribution in [-0.2, 0) is 64.3 Å². The summed E-state index contributed by atoms with van der Waals surface area (Å²) in [6.45, 7) is 2.51. The third-order valence-corrected chi connectivity index (χ3v) is 11.6. The molecule has 0 heterocycles. The topological polar surface area (TPSA) is 223 Å². The number of carbonyl (C=O) groups excluding carboxylic acids is 4. The van der Waals surface area contributed by atoms with Crippen LogP contribution in [0.3, 0.4) is 0 Å². The first-order chi connectivity index (χ1) is 32.9. The second-order valence-corrected chi connectivity index (χ2v) is 18.0. The molecule has 69 heavy (non-hydrogen) atoms. The van der Waals surface area contributed by atoms with Crippen LogP contribution in [-0.4, -0.2) is 107 Å². The van der Waals surface area contributed by atoms with Gasteiger partial charge in [0.05, 0.1) is 19.5 Å². The van der Waals surface area contributed by atoms with Gasteiger partial charge in [-0.05, 0) is 83.5 Å². The Morgan fingerprint density at radius 3 is 1.29 bits per heavy atom. The summed E-state index contributed by atoms with van der Waals surface area (Å²) in [5.74, 6) is -6.11. The molecule has 1 unspecified atom stereocenters. The fourth-order valence-corrected chi connectivity index (χ4v) is 7.64. The van der Waals surface area contributed by atoms with Gasteiger partial charge in [0.25, 0.3) is 0 Å². The van der Waals surface area contributed by atoms with Gasteiger partial charge in [0.2, 0.25) is 5.91 Å². The predicted molar refractivity (Wildman–Crippen MR) is 265 cm³/mol. The summed E-state index contributed by atoms with van der Waals surface area (Å²) in [5, 5.41) is 30.3. The first kappa shape index (κ1) is 67.3. The molecular weight excluding hydrogens is 931 g/mol. The van der Waals surface area contributed by atoms with E-state index in [2.05, 4.69) is 43.5 Å². The molecule has 2 atom stereocenters. The van der Waals surface area contributed by atoms with Gasteiger partial charge in [-0.3, -0.25) is 38.5 Å². The number of hydrogen-bond donors (Lipinski definition) is 4. The molecule has 0 aromatic rings. The van der Waals surface area contributed by atoms with Crippen molar-refractivity contribution >= 4 is 41.7 Å². The second-order valence-electron chi connectivity index (χ2n) is 18.0. The molecule has 0 aliphatic rings. The molecule has 0 spiro atoms. The first-order valence-corrected chi connectivity index (χ1v) is 26.4. The van der Waals surface area contributed by atoms with Crippen LogP contribution in [0.2, 0.25) is 0 Å². The van der Waals surface area contributed by atoms with Gasteiger partial charge in [0, 0.05) is 42.3 Å². The third kappa shape index (κ3) is 46.4. The van der Waals surface area contributed by atoms with E-state index < -0.39 is 67.0 Å². The number of ether oxygens (including phenoxy) is 3. The minimum atomic E-state index is -1.35. The summed E-state index contributed by atoms with van der Waals surface area (Å²) in [7, 11) is 0. The first-order valence-electron chi connectivity index (χ1n) is 26.4. The molecule has 0 saturated heterocycles. The van der Waals surface area contributed by atoms with Crippen LogP contribution in [0.5, 0.6) is 0 Å². The zero-order valence-electron chi connectivity index (χ0n) is 42.5. The van der Waals surface area contributed by atoms with E-state index in [4.69, 9.17) is 24.4 Å². The van der Waals surface area contributed by atoms with Gasteiger partial charge in [0.15, 0.2) is 6.10 Å². The molecule has 0 aromatic carbocycles. The van der Waals surface area contributed by atoms with E-state index in [0.29, 0.717) is 19.3 Å². The Bertz CT molecular complexity index is 1390. The Hall–Kier alpha value is -3.78. The van der Waals surface area contributed by atoms with Gasteiger partial charge in [-0.2, -0.15) is 0 Å². The van der Waals surface area contributed by atoms with Crippen LogP contribution in [0.4, 0.5) is 0 Å². The monoisotopic (exact) mass is 1020 g/mol. The summed E-state index contributed by atoms with van der Waals surface area (Å²) < 4.78 is 16.4. The number of aliphatic carboxylic acids is 3. The van der Waals surface area contributed by atoms with Crippen LogP contribution >= 0.6 is 0 Å². The minimum absolute atomic E-state index is 0. The Labute approximate surface area is 425 Å². The largest absolute Gasteiger partial charge is 0.480 e. The average molecular weight is 1020 g/mol. The van der Waals surface area contributed by atoms with Crippen LogP contribution in [0.1, 0.15) is 226 Å². The normalized spacial score (nSPS) is 12.2. The summed E-state index contributed by atoms with van der Waals surface area (Å²) in [4.78, 5) is 85.3. The number of unbranched alkanes of at least 4 members (excludes halogenated alkanes) is 23. The molecule has 402 valence electrons. The maximum atomic E-state index is 12.8. The van der Waals surface area contributed by atoms with Crippen molar-refractivity contribution in [2.45, 2.75) is 238 Å². The molecule has 0 aromatic heterocycles. The van der Waals surface area contributed by atoms with Crippen LogP contribution in [0, 0.1) is 0 Å². The minimum Gasteiger partial charge on any atom is -0.480 e. The van der Waals surface area contributed by atoms with Crippen molar-refractivity contribution in [3.05, 3.63) is 24.3 Å². The Morgan fingerprint density at radius 1 is 0.478 bits per heavy atom. The van der Waals surface area contributed by atoms with Gasteiger partial charge in [0.1, 0.15) is 19.3 Å². The van der Waals surface area contributed by atoms with E-state index in [0.717, 1.165) is 81.9 Å². The predicted octanol–water partition coefficient (Wildman–Crippen LogP) is 11.0.